The molecule has 1 saturated carbocycles. The van der Waals surface area contributed by atoms with E-state index in [1.54, 1.807) is 0 Å². The van der Waals surface area contributed by atoms with Crippen molar-refractivity contribution >= 4 is 0 Å². The second-order valence-corrected chi connectivity index (χ2v) is 7.25. The number of hydrogen-bond donors (Lipinski definition) is 1. The molecule has 1 heterocycles. The van der Waals surface area contributed by atoms with Crippen molar-refractivity contribution in [1.29, 1.82) is 0 Å². The number of fused-ring (bicyclic) bond motifs is 1. The van der Waals surface area contributed by atoms with Crippen LogP contribution in [-0.2, 0) is 0 Å². The maximum Gasteiger partial charge on any atom is 0.122 e. The van der Waals surface area contributed by atoms with Gasteiger partial charge in [-0.2, -0.15) is 0 Å². The molecule has 1 aromatic carbocycles. The zero-order valence-electron chi connectivity index (χ0n) is 13.3. The Balaban J connectivity index is 1.71. The van der Waals surface area contributed by atoms with E-state index in [4.69, 9.17) is 4.74 Å². The molecule has 2 aliphatic rings. The molecule has 2 heteroatoms. The van der Waals surface area contributed by atoms with Gasteiger partial charge in [0.1, 0.15) is 5.75 Å². The number of aliphatic hydroxyl groups is 1. The van der Waals surface area contributed by atoms with Gasteiger partial charge < -0.3 is 9.84 Å². The van der Waals surface area contributed by atoms with E-state index < -0.39 is 0 Å². The van der Waals surface area contributed by atoms with Gasteiger partial charge in [-0.05, 0) is 67.4 Å². The van der Waals surface area contributed by atoms with Crippen molar-refractivity contribution in [1.82, 2.24) is 0 Å². The molecule has 0 spiro atoms. The molecular formula is C19H28O2. The van der Waals surface area contributed by atoms with Crippen molar-refractivity contribution < 1.29 is 9.84 Å². The first kappa shape index (κ1) is 14.9. The minimum atomic E-state index is -0.102. The average molecular weight is 288 g/mol. The normalized spacial score (nSPS) is 32.6. The van der Waals surface area contributed by atoms with Gasteiger partial charge in [-0.3, -0.25) is 0 Å². The van der Waals surface area contributed by atoms with Crippen LogP contribution >= 0.6 is 0 Å². The maximum absolute atomic E-state index is 10.4. The molecule has 4 atom stereocenters. The van der Waals surface area contributed by atoms with Crippen LogP contribution in [0.4, 0.5) is 0 Å². The lowest BCUT2D eigenvalue weighted by atomic mass is 9.70. The molecule has 4 unspecified atom stereocenters. The first-order valence-electron chi connectivity index (χ1n) is 8.55. The summed E-state index contributed by atoms with van der Waals surface area (Å²) in [6.45, 7) is 5.46. The van der Waals surface area contributed by atoms with Gasteiger partial charge in [-0.15, -0.1) is 0 Å². The van der Waals surface area contributed by atoms with Gasteiger partial charge >= 0.3 is 0 Å². The standard InChI is InChI=1S/C19H28O2/c1-13(2)14-7-8-18(20)16(11-14)12-15-9-10-21-19-6-4-3-5-17(15)19/h3-6,13-16,18,20H,7-12H2,1-2H3. The van der Waals surface area contributed by atoms with E-state index in [0.717, 1.165) is 43.5 Å². The maximum atomic E-state index is 10.4. The number of hydrogen-bond acceptors (Lipinski definition) is 2. The third-order valence-electron chi connectivity index (χ3n) is 5.60. The average Bonchev–Trinajstić information content (AvgIpc) is 2.49. The fourth-order valence-electron chi connectivity index (χ4n) is 4.17. The third kappa shape index (κ3) is 3.26. The number of rotatable bonds is 3. The van der Waals surface area contributed by atoms with Crippen molar-refractivity contribution in [3.8, 4) is 5.75 Å². The highest BCUT2D eigenvalue weighted by atomic mass is 16.5. The Hall–Kier alpha value is -1.02. The van der Waals surface area contributed by atoms with E-state index in [9.17, 15) is 5.11 Å². The van der Waals surface area contributed by atoms with E-state index >= 15 is 0 Å². The summed E-state index contributed by atoms with van der Waals surface area (Å²) in [7, 11) is 0. The van der Waals surface area contributed by atoms with Crippen LogP contribution in [-0.4, -0.2) is 17.8 Å². The topological polar surface area (TPSA) is 29.5 Å². The molecule has 0 saturated heterocycles. The van der Waals surface area contributed by atoms with Crippen LogP contribution in [0.1, 0.15) is 57.4 Å². The fraction of sp³-hybridized carbons (Fsp3) is 0.684. The highest BCUT2D eigenvalue weighted by molar-refractivity contribution is 5.37. The van der Waals surface area contributed by atoms with Crippen molar-refractivity contribution in [3.05, 3.63) is 29.8 Å². The molecule has 0 aromatic heterocycles. The Morgan fingerprint density at radius 1 is 1.19 bits per heavy atom. The Labute approximate surface area is 128 Å². The molecule has 0 radical (unpaired) electrons. The van der Waals surface area contributed by atoms with Crippen LogP contribution < -0.4 is 4.74 Å². The molecule has 2 nitrogen and oxygen atoms in total. The van der Waals surface area contributed by atoms with Gasteiger partial charge in [0.15, 0.2) is 0 Å². The van der Waals surface area contributed by atoms with E-state index in [1.807, 2.05) is 6.07 Å². The Bertz CT molecular complexity index is 468. The molecule has 0 amide bonds. The lowest BCUT2D eigenvalue weighted by Crippen LogP contribution is -2.33. The number of benzene rings is 1. The predicted octanol–water partition coefficient (Wildman–Crippen LogP) is 4.38. The quantitative estimate of drug-likeness (QED) is 0.894. The van der Waals surface area contributed by atoms with E-state index in [-0.39, 0.29) is 6.10 Å². The third-order valence-corrected chi connectivity index (χ3v) is 5.60. The molecular weight excluding hydrogens is 260 g/mol. The van der Waals surface area contributed by atoms with Crippen LogP contribution in [0, 0.1) is 17.8 Å². The van der Waals surface area contributed by atoms with Crippen LogP contribution in [0.2, 0.25) is 0 Å². The van der Waals surface area contributed by atoms with Gasteiger partial charge in [0.2, 0.25) is 0 Å². The summed E-state index contributed by atoms with van der Waals surface area (Å²) in [5.41, 5.74) is 1.35. The monoisotopic (exact) mass is 288 g/mol. The number of aliphatic hydroxyl groups excluding tert-OH is 1. The lowest BCUT2D eigenvalue weighted by molar-refractivity contribution is 0.0280. The van der Waals surface area contributed by atoms with Crippen molar-refractivity contribution in [2.45, 2.75) is 58.0 Å². The summed E-state index contributed by atoms with van der Waals surface area (Å²) < 4.78 is 5.77. The minimum Gasteiger partial charge on any atom is -0.493 e. The van der Waals surface area contributed by atoms with E-state index in [1.165, 1.54) is 18.4 Å². The molecule has 1 N–H and O–H groups in total. The molecule has 3 rings (SSSR count). The van der Waals surface area contributed by atoms with Gasteiger partial charge in [0, 0.05) is 0 Å². The zero-order valence-corrected chi connectivity index (χ0v) is 13.3. The largest absolute Gasteiger partial charge is 0.493 e. The predicted molar refractivity (Wildman–Crippen MR) is 85.6 cm³/mol. The highest BCUT2D eigenvalue weighted by Crippen LogP contribution is 2.42. The van der Waals surface area contributed by atoms with Crippen LogP contribution in [0.3, 0.4) is 0 Å². The van der Waals surface area contributed by atoms with Gasteiger partial charge in [0.25, 0.3) is 0 Å². The van der Waals surface area contributed by atoms with Crippen molar-refractivity contribution in [2.75, 3.05) is 6.61 Å². The summed E-state index contributed by atoms with van der Waals surface area (Å²) in [6, 6.07) is 8.43. The van der Waals surface area contributed by atoms with Crippen LogP contribution in [0.15, 0.2) is 24.3 Å². The Kier molecular flexibility index (Phi) is 4.54. The summed E-state index contributed by atoms with van der Waals surface area (Å²) in [6.07, 6.45) is 5.48. The van der Waals surface area contributed by atoms with Gasteiger partial charge in [0.05, 0.1) is 12.7 Å². The zero-order chi connectivity index (χ0) is 14.8. The minimum absolute atomic E-state index is 0.102. The summed E-state index contributed by atoms with van der Waals surface area (Å²) in [5, 5.41) is 10.4. The second kappa shape index (κ2) is 6.39. The van der Waals surface area contributed by atoms with Crippen molar-refractivity contribution in [2.24, 2.45) is 17.8 Å². The number of para-hydroxylation sites is 1. The molecule has 1 aliphatic heterocycles. The highest BCUT2D eigenvalue weighted by Gasteiger charge is 2.33. The fourth-order valence-corrected chi connectivity index (χ4v) is 4.17. The lowest BCUT2D eigenvalue weighted by Gasteiger charge is -2.38. The SMILES string of the molecule is CC(C)C1CCC(O)C(CC2CCOc3ccccc32)C1. The molecule has 1 fully saturated rings. The smallest absolute Gasteiger partial charge is 0.122 e. The first-order valence-corrected chi connectivity index (χ1v) is 8.55. The summed E-state index contributed by atoms with van der Waals surface area (Å²) in [5.74, 6) is 3.60. The summed E-state index contributed by atoms with van der Waals surface area (Å²) >= 11 is 0. The van der Waals surface area contributed by atoms with Gasteiger partial charge in [-0.25, -0.2) is 0 Å². The molecule has 1 aromatic rings. The molecule has 116 valence electrons. The summed E-state index contributed by atoms with van der Waals surface area (Å²) in [4.78, 5) is 0. The van der Waals surface area contributed by atoms with Crippen molar-refractivity contribution in [3.63, 3.8) is 0 Å². The van der Waals surface area contributed by atoms with Gasteiger partial charge in [-0.1, -0.05) is 32.0 Å². The van der Waals surface area contributed by atoms with E-state index in [0.29, 0.717) is 11.8 Å². The molecule has 0 bridgehead atoms. The Morgan fingerprint density at radius 2 is 2.00 bits per heavy atom. The van der Waals surface area contributed by atoms with Crippen LogP contribution in [0.5, 0.6) is 5.75 Å². The first-order chi connectivity index (χ1) is 10.1. The second-order valence-electron chi connectivity index (χ2n) is 7.25. The molecule has 1 aliphatic carbocycles. The molecule has 21 heavy (non-hydrogen) atoms. The van der Waals surface area contributed by atoms with E-state index in [2.05, 4.69) is 32.0 Å². The number of ether oxygens (including phenoxy) is 1. The van der Waals surface area contributed by atoms with Crippen LogP contribution in [0.25, 0.3) is 0 Å². The Morgan fingerprint density at radius 3 is 2.81 bits per heavy atom.